The van der Waals surface area contributed by atoms with Crippen LogP contribution in [-0.2, 0) is 6.42 Å². The van der Waals surface area contributed by atoms with Crippen LogP contribution in [0.15, 0.2) is 135 Å². The molecular formula is C42H25NO3. The SMILES string of the molecule is C1=Cc2c(n(-c3ccc4oc5cc6c(cc5c4c3)oc3ccc(-c4ccc5oc7ccccc7c5c4)cc36)c3ccccc23)CC1. The quantitative estimate of drug-likeness (QED) is 0.201. The summed E-state index contributed by atoms with van der Waals surface area (Å²) in [5.74, 6) is 0. The van der Waals surface area contributed by atoms with E-state index in [4.69, 9.17) is 13.3 Å². The van der Waals surface area contributed by atoms with E-state index < -0.39 is 0 Å². The Bertz CT molecular complexity index is 2920. The van der Waals surface area contributed by atoms with Crippen molar-refractivity contribution in [3.05, 3.63) is 133 Å². The Hall–Kier alpha value is -6.00. The lowest BCUT2D eigenvalue weighted by Gasteiger charge is -2.13. The normalized spacial score (nSPS) is 13.4. The second-order valence-electron chi connectivity index (χ2n) is 12.4. The summed E-state index contributed by atoms with van der Waals surface area (Å²) in [6, 6.07) is 40.6. The van der Waals surface area contributed by atoms with Crippen molar-refractivity contribution >= 4 is 82.8 Å². The average molecular weight is 592 g/mol. The molecule has 0 aliphatic heterocycles. The number of hydrogen-bond donors (Lipinski definition) is 0. The summed E-state index contributed by atoms with van der Waals surface area (Å²) in [5, 5.41) is 7.83. The monoisotopic (exact) mass is 591 g/mol. The number of aromatic nitrogens is 1. The van der Waals surface area contributed by atoms with Crippen LogP contribution in [0, 0.1) is 0 Å². The Labute approximate surface area is 262 Å². The molecule has 1 aliphatic rings. The first-order valence-corrected chi connectivity index (χ1v) is 15.8. The molecule has 0 radical (unpaired) electrons. The molecule has 4 heteroatoms. The Balaban J connectivity index is 1.08. The fraction of sp³-hybridized carbons (Fsp3) is 0.0476. The zero-order valence-electron chi connectivity index (χ0n) is 24.7. The van der Waals surface area contributed by atoms with Crippen LogP contribution in [-0.4, -0.2) is 4.57 Å². The molecule has 46 heavy (non-hydrogen) atoms. The lowest BCUT2D eigenvalue weighted by atomic mass is 10.0. The van der Waals surface area contributed by atoms with Crippen molar-refractivity contribution in [2.75, 3.05) is 0 Å². The van der Waals surface area contributed by atoms with E-state index in [2.05, 4.69) is 120 Å². The number of rotatable bonds is 2. The maximum Gasteiger partial charge on any atom is 0.136 e. The Morgan fingerprint density at radius 2 is 1.02 bits per heavy atom. The minimum atomic E-state index is 0.859. The van der Waals surface area contributed by atoms with Gasteiger partial charge in [-0.15, -0.1) is 0 Å². The van der Waals surface area contributed by atoms with E-state index >= 15 is 0 Å². The zero-order valence-corrected chi connectivity index (χ0v) is 24.7. The van der Waals surface area contributed by atoms with Crippen LogP contribution in [0.25, 0.3) is 99.6 Å². The summed E-state index contributed by atoms with van der Waals surface area (Å²) in [4.78, 5) is 0. The first-order chi connectivity index (χ1) is 22.8. The molecule has 0 amide bonds. The second kappa shape index (κ2) is 8.80. The van der Waals surface area contributed by atoms with Crippen molar-refractivity contribution in [2.24, 2.45) is 0 Å². The Morgan fingerprint density at radius 1 is 0.457 bits per heavy atom. The smallest absolute Gasteiger partial charge is 0.136 e. The number of nitrogens with zero attached hydrogens (tertiary/aromatic N) is 1. The highest BCUT2D eigenvalue weighted by atomic mass is 16.3. The standard InChI is InChI=1S/C42H25NO3/c1-4-10-35-27(7-1)28-8-2-5-11-36(28)43(35)26-15-18-40-32(21-26)34-23-41-33(22-42(34)46-40)31-20-25(14-17-39(31)45-41)24-13-16-38-30(19-24)29-9-3-6-12-37(29)44-38/h1-4,6-10,12-23H,5,11H2. The van der Waals surface area contributed by atoms with E-state index in [9.17, 15) is 0 Å². The molecule has 4 nitrogen and oxygen atoms in total. The van der Waals surface area contributed by atoms with E-state index in [-0.39, 0.29) is 0 Å². The van der Waals surface area contributed by atoms with Crippen molar-refractivity contribution < 1.29 is 13.3 Å². The predicted octanol–water partition coefficient (Wildman–Crippen LogP) is 12.0. The maximum absolute atomic E-state index is 6.47. The van der Waals surface area contributed by atoms with Crippen LogP contribution in [0.1, 0.15) is 17.7 Å². The molecule has 10 aromatic rings. The van der Waals surface area contributed by atoms with Crippen LogP contribution >= 0.6 is 0 Å². The third-order valence-corrected chi connectivity index (χ3v) is 9.86. The van der Waals surface area contributed by atoms with E-state index in [1.807, 2.05) is 12.1 Å². The summed E-state index contributed by atoms with van der Waals surface area (Å²) in [6.07, 6.45) is 6.65. The molecule has 11 rings (SSSR count). The third kappa shape index (κ3) is 3.28. The number of hydrogen-bond acceptors (Lipinski definition) is 3. The van der Waals surface area contributed by atoms with Gasteiger partial charge in [-0.2, -0.15) is 0 Å². The minimum Gasteiger partial charge on any atom is -0.456 e. The van der Waals surface area contributed by atoms with E-state index in [0.717, 1.165) is 95.5 Å². The molecule has 0 saturated carbocycles. The predicted molar refractivity (Wildman–Crippen MR) is 188 cm³/mol. The van der Waals surface area contributed by atoms with Gasteiger partial charge in [0, 0.05) is 54.6 Å². The first-order valence-electron chi connectivity index (χ1n) is 15.8. The van der Waals surface area contributed by atoms with Gasteiger partial charge in [0.2, 0.25) is 0 Å². The molecular weight excluding hydrogens is 566 g/mol. The van der Waals surface area contributed by atoms with Gasteiger partial charge >= 0.3 is 0 Å². The van der Waals surface area contributed by atoms with Gasteiger partial charge in [0.15, 0.2) is 0 Å². The molecule has 0 spiro atoms. The largest absolute Gasteiger partial charge is 0.456 e. The van der Waals surface area contributed by atoms with Crippen LogP contribution in [0.4, 0.5) is 0 Å². The van der Waals surface area contributed by atoms with Gasteiger partial charge in [0.05, 0.1) is 5.52 Å². The van der Waals surface area contributed by atoms with Crippen molar-refractivity contribution in [3.8, 4) is 16.8 Å². The van der Waals surface area contributed by atoms with Crippen LogP contribution in [0.3, 0.4) is 0 Å². The van der Waals surface area contributed by atoms with Gasteiger partial charge in [0.25, 0.3) is 0 Å². The van der Waals surface area contributed by atoms with Gasteiger partial charge in [-0.1, -0.05) is 60.7 Å². The van der Waals surface area contributed by atoms with Gasteiger partial charge in [-0.3, -0.25) is 0 Å². The van der Waals surface area contributed by atoms with Gasteiger partial charge in [-0.25, -0.2) is 0 Å². The highest BCUT2D eigenvalue weighted by Gasteiger charge is 2.20. The zero-order chi connectivity index (χ0) is 29.9. The number of benzene rings is 6. The van der Waals surface area contributed by atoms with Gasteiger partial charge in [0.1, 0.15) is 33.5 Å². The van der Waals surface area contributed by atoms with Crippen molar-refractivity contribution in [1.82, 2.24) is 4.57 Å². The highest BCUT2D eigenvalue weighted by Crippen LogP contribution is 2.41. The van der Waals surface area contributed by atoms with Gasteiger partial charge in [-0.05, 0) is 90.7 Å². The van der Waals surface area contributed by atoms with Crippen molar-refractivity contribution in [1.29, 1.82) is 0 Å². The lowest BCUT2D eigenvalue weighted by Crippen LogP contribution is -2.02. The number of para-hydroxylation sites is 2. The Kier molecular flexibility index (Phi) is 4.66. The molecule has 0 saturated heterocycles. The summed E-state index contributed by atoms with van der Waals surface area (Å²) in [5.41, 5.74) is 12.6. The van der Waals surface area contributed by atoms with Gasteiger partial charge < -0.3 is 17.8 Å². The van der Waals surface area contributed by atoms with Crippen molar-refractivity contribution in [3.63, 3.8) is 0 Å². The first kappa shape index (κ1) is 24.3. The lowest BCUT2D eigenvalue weighted by molar-refractivity contribution is 0.664. The van der Waals surface area contributed by atoms with Crippen LogP contribution in [0.2, 0.25) is 0 Å². The molecule has 0 atom stereocenters. The third-order valence-electron chi connectivity index (χ3n) is 9.86. The maximum atomic E-state index is 6.47. The van der Waals surface area contributed by atoms with Crippen LogP contribution < -0.4 is 0 Å². The second-order valence-corrected chi connectivity index (χ2v) is 12.4. The molecule has 4 aromatic heterocycles. The fourth-order valence-corrected chi connectivity index (χ4v) is 7.72. The molecule has 0 fully saturated rings. The highest BCUT2D eigenvalue weighted by molar-refractivity contribution is 6.16. The van der Waals surface area contributed by atoms with E-state index in [0.29, 0.717) is 0 Å². The molecule has 216 valence electrons. The molecule has 4 heterocycles. The topological polar surface area (TPSA) is 44.4 Å². The number of furan rings is 3. The summed E-state index contributed by atoms with van der Waals surface area (Å²) >= 11 is 0. The van der Waals surface area contributed by atoms with Crippen LogP contribution in [0.5, 0.6) is 0 Å². The minimum absolute atomic E-state index is 0.859. The summed E-state index contributed by atoms with van der Waals surface area (Å²) in [6.45, 7) is 0. The Morgan fingerprint density at radius 3 is 1.78 bits per heavy atom. The average Bonchev–Trinajstić information content (AvgIpc) is 3.85. The molecule has 0 unspecified atom stereocenters. The molecule has 1 aliphatic carbocycles. The number of allylic oxidation sites excluding steroid dienone is 1. The molecule has 6 aromatic carbocycles. The summed E-state index contributed by atoms with van der Waals surface area (Å²) in [7, 11) is 0. The molecule has 0 bridgehead atoms. The fourth-order valence-electron chi connectivity index (χ4n) is 7.72. The summed E-state index contributed by atoms with van der Waals surface area (Å²) < 4.78 is 21.4. The number of fused-ring (bicyclic) bond motifs is 12. The van der Waals surface area contributed by atoms with E-state index in [1.165, 1.54) is 22.2 Å². The van der Waals surface area contributed by atoms with E-state index in [1.54, 1.807) is 0 Å². The van der Waals surface area contributed by atoms with Crippen molar-refractivity contribution in [2.45, 2.75) is 12.8 Å². The molecule has 0 N–H and O–H groups in total.